The topological polar surface area (TPSA) is 106 Å². The van der Waals surface area contributed by atoms with E-state index in [9.17, 15) is 16.8 Å². The molecule has 0 aromatic heterocycles. The average molecular weight is 395 g/mol. The number of halogens is 2. The van der Waals surface area contributed by atoms with Crippen LogP contribution in [-0.4, -0.2) is 16.8 Å². The van der Waals surface area contributed by atoms with E-state index in [2.05, 4.69) is 4.72 Å². The maximum absolute atomic E-state index is 12.1. The Morgan fingerprint density at radius 3 is 2.04 bits per heavy atom. The molecule has 124 valence electrons. The molecule has 0 heterocycles. The monoisotopic (exact) mass is 394 g/mol. The number of anilines is 1. The van der Waals surface area contributed by atoms with Crippen LogP contribution in [0.3, 0.4) is 0 Å². The molecule has 0 saturated carbocycles. The van der Waals surface area contributed by atoms with Crippen LogP contribution in [0.2, 0.25) is 10.0 Å². The fraction of sp³-hybridized carbons (Fsp3) is 0.0769. The summed E-state index contributed by atoms with van der Waals surface area (Å²) in [5, 5.41) is 5.57. The molecule has 0 bridgehead atoms. The van der Waals surface area contributed by atoms with Crippen LogP contribution >= 0.6 is 23.2 Å². The van der Waals surface area contributed by atoms with Crippen molar-refractivity contribution in [2.45, 2.75) is 10.6 Å². The largest absolute Gasteiger partial charge is 0.283 e. The van der Waals surface area contributed by atoms with Gasteiger partial charge in [-0.1, -0.05) is 29.3 Å². The van der Waals surface area contributed by atoms with Gasteiger partial charge >= 0.3 is 0 Å². The number of rotatable bonds is 5. The van der Waals surface area contributed by atoms with Crippen LogP contribution in [-0.2, 0) is 25.8 Å². The molecule has 23 heavy (non-hydrogen) atoms. The van der Waals surface area contributed by atoms with Gasteiger partial charge in [0, 0.05) is 5.69 Å². The highest BCUT2D eigenvalue weighted by Gasteiger charge is 2.14. The van der Waals surface area contributed by atoms with Crippen molar-refractivity contribution >= 4 is 48.9 Å². The average Bonchev–Trinajstić information content (AvgIpc) is 2.41. The van der Waals surface area contributed by atoms with Crippen LogP contribution in [0.4, 0.5) is 5.69 Å². The number of hydrogen-bond donors (Lipinski definition) is 2. The molecule has 0 unspecified atom stereocenters. The van der Waals surface area contributed by atoms with E-state index >= 15 is 0 Å². The molecule has 0 atom stereocenters. The molecule has 3 N–H and O–H groups in total. The smallest absolute Gasteiger partial charge is 0.238 e. The molecule has 0 aliphatic rings. The van der Waals surface area contributed by atoms with Crippen molar-refractivity contribution < 1.29 is 16.8 Å². The predicted octanol–water partition coefficient (Wildman–Crippen LogP) is 2.58. The standard InChI is InChI=1S/C13H12Cl2N2O4S2/c14-12-6-1-9(7-13(12)15)8-22(18,19)17-10-2-4-11(5-3-10)23(16,20)21/h1-7,17H,8H2,(H2,16,20,21). The van der Waals surface area contributed by atoms with Gasteiger partial charge in [-0.2, -0.15) is 0 Å². The van der Waals surface area contributed by atoms with Crippen molar-refractivity contribution in [3.05, 3.63) is 58.1 Å². The Balaban J connectivity index is 2.16. The molecule has 2 aromatic carbocycles. The molecule has 0 spiro atoms. The lowest BCUT2D eigenvalue weighted by atomic mass is 10.2. The first-order chi connectivity index (χ1) is 10.6. The van der Waals surface area contributed by atoms with Gasteiger partial charge in [0.2, 0.25) is 20.0 Å². The lowest BCUT2D eigenvalue weighted by Crippen LogP contribution is -2.15. The zero-order valence-electron chi connectivity index (χ0n) is 11.5. The number of hydrogen-bond acceptors (Lipinski definition) is 4. The molecule has 10 heteroatoms. The molecule has 2 aromatic rings. The van der Waals surface area contributed by atoms with Crippen LogP contribution in [0.1, 0.15) is 5.56 Å². The van der Waals surface area contributed by atoms with E-state index in [0.717, 1.165) is 0 Å². The quantitative estimate of drug-likeness (QED) is 0.812. The first-order valence-corrected chi connectivity index (χ1v) is 10.1. The second kappa shape index (κ2) is 6.66. The summed E-state index contributed by atoms with van der Waals surface area (Å²) in [5.74, 6) is -0.305. The van der Waals surface area contributed by atoms with Gasteiger partial charge in [0.15, 0.2) is 0 Å². The Morgan fingerprint density at radius 1 is 0.913 bits per heavy atom. The summed E-state index contributed by atoms with van der Waals surface area (Å²) in [5.41, 5.74) is 0.686. The zero-order valence-corrected chi connectivity index (χ0v) is 14.7. The Kier molecular flexibility index (Phi) is 5.22. The normalized spacial score (nSPS) is 12.1. The van der Waals surface area contributed by atoms with Crippen molar-refractivity contribution in [2.24, 2.45) is 5.14 Å². The summed E-state index contributed by atoms with van der Waals surface area (Å²) in [6.07, 6.45) is 0. The third-order valence-electron chi connectivity index (χ3n) is 2.80. The molecule has 0 aliphatic carbocycles. The summed E-state index contributed by atoms with van der Waals surface area (Å²) in [7, 11) is -7.52. The van der Waals surface area contributed by atoms with Crippen LogP contribution < -0.4 is 9.86 Å². The van der Waals surface area contributed by atoms with E-state index in [1.54, 1.807) is 6.07 Å². The van der Waals surface area contributed by atoms with Crippen molar-refractivity contribution in [3.63, 3.8) is 0 Å². The minimum atomic E-state index is -3.83. The van der Waals surface area contributed by atoms with Crippen LogP contribution in [0.25, 0.3) is 0 Å². The summed E-state index contributed by atoms with van der Waals surface area (Å²) in [6.45, 7) is 0. The maximum atomic E-state index is 12.1. The van der Waals surface area contributed by atoms with Gasteiger partial charge < -0.3 is 0 Å². The molecule has 0 radical (unpaired) electrons. The molecular weight excluding hydrogens is 383 g/mol. The van der Waals surface area contributed by atoms with Crippen molar-refractivity contribution in [1.29, 1.82) is 0 Å². The fourth-order valence-corrected chi connectivity index (χ4v) is 3.80. The van der Waals surface area contributed by atoms with Crippen molar-refractivity contribution in [1.82, 2.24) is 0 Å². The maximum Gasteiger partial charge on any atom is 0.238 e. The molecular formula is C13H12Cl2N2O4S2. The van der Waals surface area contributed by atoms with Gasteiger partial charge in [0.25, 0.3) is 0 Å². The first kappa shape index (κ1) is 18.0. The van der Waals surface area contributed by atoms with E-state index in [0.29, 0.717) is 10.6 Å². The minimum Gasteiger partial charge on any atom is -0.283 e. The van der Waals surface area contributed by atoms with Crippen molar-refractivity contribution in [2.75, 3.05) is 4.72 Å². The highest BCUT2D eigenvalue weighted by atomic mass is 35.5. The van der Waals surface area contributed by atoms with E-state index in [-0.39, 0.29) is 21.4 Å². The van der Waals surface area contributed by atoms with Gasteiger partial charge in [-0.05, 0) is 42.0 Å². The number of nitrogens with one attached hydrogen (secondary N) is 1. The Labute approximate surface area is 144 Å². The second-order valence-electron chi connectivity index (χ2n) is 4.68. The van der Waals surface area contributed by atoms with E-state index < -0.39 is 20.0 Å². The summed E-state index contributed by atoms with van der Waals surface area (Å²) < 4.78 is 48.9. The van der Waals surface area contributed by atoms with Gasteiger partial charge in [-0.25, -0.2) is 22.0 Å². The number of benzene rings is 2. The van der Waals surface area contributed by atoms with E-state index in [4.69, 9.17) is 28.3 Å². The summed E-state index contributed by atoms with van der Waals surface area (Å²) >= 11 is 11.6. The number of nitrogens with two attached hydrogens (primary N) is 1. The van der Waals surface area contributed by atoms with Crippen LogP contribution in [0.15, 0.2) is 47.4 Å². The Bertz CT molecular complexity index is 927. The highest BCUT2D eigenvalue weighted by Crippen LogP contribution is 2.24. The van der Waals surface area contributed by atoms with Gasteiger partial charge in [0.1, 0.15) is 0 Å². The number of sulfonamides is 2. The third-order valence-corrected chi connectivity index (χ3v) is 5.73. The highest BCUT2D eigenvalue weighted by molar-refractivity contribution is 7.92. The molecule has 6 nitrogen and oxygen atoms in total. The molecule has 0 saturated heterocycles. The molecule has 0 aliphatic heterocycles. The lowest BCUT2D eigenvalue weighted by molar-refractivity contribution is 0.597. The molecule has 0 amide bonds. The van der Waals surface area contributed by atoms with Crippen LogP contribution in [0.5, 0.6) is 0 Å². The van der Waals surface area contributed by atoms with E-state index in [1.807, 2.05) is 0 Å². The van der Waals surface area contributed by atoms with Gasteiger partial charge in [0.05, 0.1) is 20.7 Å². The Morgan fingerprint density at radius 2 is 1.52 bits per heavy atom. The first-order valence-electron chi connectivity index (χ1n) is 6.14. The van der Waals surface area contributed by atoms with E-state index in [1.165, 1.54) is 36.4 Å². The molecule has 0 fully saturated rings. The van der Waals surface area contributed by atoms with Gasteiger partial charge in [-0.3, -0.25) is 4.72 Å². The third kappa shape index (κ3) is 5.08. The summed E-state index contributed by atoms with van der Waals surface area (Å²) in [4.78, 5) is -0.107. The lowest BCUT2D eigenvalue weighted by Gasteiger charge is -2.09. The Hall–Kier alpha value is -1.32. The summed E-state index contributed by atoms with van der Waals surface area (Å²) in [6, 6.07) is 9.58. The van der Waals surface area contributed by atoms with Crippen LogP contribution in [0, 0.1) is 0 Å². The van der Waals surface area contributed by atoms with Gasteiger partial charge in [-0.15, -0.1) is 0 Å². The SMILES string of the molecule is NS(=O)(=O)c1ccc(NS(=O)(=O)Cc2ccc(Cl)c(Cl)c2)cc1. The second-order valence-corrected chi connectivity index (χ2v) is 8.78. The predicted molar refractivity (Wildman–Crippen MR) is 90.5 cm³/mol. The minimum absolute atomic E-state index is 0.107. The fourth-order valence-electron chi connectivity index (χ4n) is 1.78. The number of primary sulfonamides is 1. The van der Waals surface area contributed by atoms with Crippen molar-refractivity contribution in [3.8, 4) is 0 Å². The zero-order chi connectivity index (χ0) is 17.3. The molecule has 2 rings (SSSR count).